The van der Waals surface area contributed by atoms with Gasteiger partial charge in [0.25, 0.3) is 0 Å². The van der Waals surface area contributed by atoms with Crippen LogP contribution in [0, 0.1) is 0 Å². The van der Waals surface area contributed by atoms with Gasteiger partial charge in [-0.2, -0.15) is 0 Å². The number of carbonyl (C=O) groups excluding carboxylic acids is 1. The Hall–Kier alpha value is -2.01. The average molecular weight is 291 g/mol. The highest BCUT2D eigenvalue weighted by atomic mass is 16.6. The van der Waals surface area contributed by atoms with Crippen LogP contribution in [-0.2, 0) is 17.5 Å². The molecule has 1 atom stereocenters. The fraction of sp³-hybridized carbons (Fsp3) is 0.438. The number of carbonyl (C=O) groups is 1. The molecular weight excluding hydrogens is 266 g/mol. The van der Waals surface area contributed by atoms with Crippen LogP contribution >= 0.6 is 0 Å². The van der Waals surface area contributed by atoms with Gasteiger partial charge in [0.15, 0.2) is 0 Å². The summed E-state index contributed by atoms with van der Waals surface area (Å²) in [6.45, 7) is -1.54. The first-order chi connectivity index (χ1) is 11.6. The molecule has 0 unspecified atom stereocenters. The zero-order valence-corrected chi connectivity index (χ0v) is 12.1. The molecular formula is C16H21N3O2. The minimum Gasteiger partial charge on any atom is -0.447 e. The largest absolute Gasteiger partial charge is 0.447 e. The predicted octanol–water partition coefficient (Wildman–Crippen LogP) is 1.92. The third-order valence-corrected chi connectivity index (χ3v) is 3.37. The number of aryl methyl sites for hydroxylation is 1. The Labute approximate surface area is 129 Å². The number of benzene rings is 1. The molecule has 3 rings (SSSR count). The Morgan fingerprint density at radius 2 is 2.33 bits per heavy atom. The van der Waals surface area contributed by atoms with Crippen molar-refractivity contribution in [2.75, 3.05) is 27.2 Å². The molecule has 1 aromatic heterocycles. The van der Waals surface area contributed by atoms with Crippen LogP contribution in [0.4, 0.5) is 4.79 Å². The standard InChI is InChI=1S/C16H21N3O2/c1-19(2)6-5-12-9-17-15-4-3-11(8-14(12)15)7-13-10-21-16(20)18-13/h3-4,8-9,13,17H,5-7,10H2,1-2H3,(H,18,20)/t13-/m0/s1/i6D2,7D2. The summed E-state index contributed by atoms with van der Waals surface area (Å²) in [4.78, 5) is 15.8. The van der Waals surface area contributed by atoms with Crippen LogP contribution in [0.3, 0.4) is 0 Å². The summed E-state index contributed by atoms with van der Waals surface area (Å²) >= 11 is 0. The molecule has 5 heteroatoms. The zero-order valence-electron chi connectivity index (χ0n) is 16.1. The van der Waals surface area contributed by atoms with Gasteiger partial charge in [0.1, 0.15) is 6.61 Å². The molecule has 1 aliphatic rings. The van der Waals surface area contributed by atoms with Crippen molar-refractivity contribution in [2.24, 2.45) is 0 Å². The van der Waals surface area contributed by atoms with Gasteiger partial charge in [-0.25, -0.2) is 4.79 Å². The van der Waals surface area contributed by atoms with Gasteiger partial charge in [-0.05, 0) is 50.1 Å². The van der Waals surface area contributed by atoms with Crippen LogP contribution in [0.1, 0.15) is 16.6 Å². The molecule has 2 heterocycles. The van der Waals surface area contributed by atoms with Gasteiger partial charge < -0.3 is 19.9 Å². The third-order valence-electron chi connectivity index (χ3n) is 3.37. The number of cyclic esters (lactones) is 1. The molecule has 5 nitrogen and oxygen atoms in total. The summed E-state index contributed by atoms with van der Waals surface area (Å²) in [6, 6.07) is 4.41. The van der Waals surface area contributed by atoms with Crippen molar-refractivity contribution in [1.29, 1.82) is 0 Å². The van der Waals surface area contributed by atoms with E-state index in [9.17, 15) is 4.79 Å². The molecule has 0 saturated carbocycles. The smallest absolute Gasteiger partial charge is 0.407 e. The molecule has 2 aromatic rings. The van der Waals surface area contributed by atoms with E-state index >= 15 is 0 Å². The van der Waals surface area contributed by atoms with Gasteiger partial charge in [0.05, 0.1) is 6.04 Å². The lowest BCUT2D eigenvalue weighted by molar-refractivity contribution is 0.177. The van der Waals surface area contributed by atoms with E-state index in [0.717, 1.165) is 16.5 Å². The summed E-state index contributed by atoms with van der Waals surface area (Å²) in [5.41, 5.74) is 2.01. The maximum absolute atomic E-state index is 11.2. The van der Waals surface area contributed by atoms with E-state index in [1.165, 1.54) is 4.90 Å². The van der Waals surface area contributed by atoms with E-state index in [0.29, 0.717) is 5.56 Å². The van der Waals surface area contributed by atoms with Gasteiger partial charge in [-0.3, -0.25) is 0 Å². The van der Waals surface area contributed by atoms with Crippen molar-refractivity contribution in [3.8, 4) is 0 Å². The van der Waals surface area contributed by atoms with Crippen molar-refractivity contribution in [2.45, 2.75) is 18.8 Å². The molecule has 1 aromatic carbocycles. The SMILES string of the molecule is [2H]C([2H])(c1ccc2[nH]cc(CC([2H])([2H])N(C)C)c2c1)[C@H]1COC(=O)N1. The molecule has 112 valence electrons. The van der Waals surface area contributed by atoms with E-state index in [1.54, 1.807) is 38.5 Å². The second-order valence-electron chi connectivity index (χ2n) is 5.24. The number of H-pyrrole nitrogens is 1. The number of nitrogens with zero attached hydrogens (tertiary/aromatic N) is 1. The fourth-order valence-corrected chi connectivity index (χ4v) is 2.32. The number of likely N-dealkylation sites (N-methyl/N-ethyl adjacent to an activating group) is 1. The Morgan fingerprint density at radius 3 is 3.05 bits per heavy atom. The first-order valence-electron chi connectivity index (χ1n) is 8.82. The number of aromatic nitrogens is 1. The highest BCUT2D eigenvalue weighted by Crippen LogP contribution is 2.21. The van der Waals surface area contributed by atoms with E-state index < -0.39 is 25.0 Å². The summed E-state index contributed by atoms with van der Waals surface area (Å²) in [5, 5.41) is 3.27. The minimum atomic E-state index is -1.80. The monoisotopic (exact) mass is 291 g/mol. The normalized spacial score (nSPS) is 22.4. The topological polar surface area (TPSA) is 57.4 Å². The summed E-state index contributed by atoms with van der Waals surface area (Å²) in [6.07, 6.45) is -0.478. The van der Waals surface area contributed by atoms with Crippen molar-refractivity contribution in [3.63, 3.8) is 0 Å². The first-order valence-corrected chi connectivity index (χ1v) is 6.82. The van der Waals surface area contributed by atoms with Crippen LogP contribution < -0.4 is 5.32 Å². The van der Waals surface area contributed by atoms with Crippen LogP contribution in [0.25, 0.3) is 10.9 Å². The molecule has 0 bridgehead atoms. The molecule has 1 fully saturated rings. The lowest BCUT2D eigenvalue weighted by Gasteiger charge is -2.09. The molecule has 21 heavy (non-hydrogen) atoms. The second kappa shape index (κ2) is 5.77. The molecule has 0 radical (unpaired) electrons. The van der Waals surface area contributed by atoms with Crippen LogP contribution in [-0.4, -0.2) is 49.2 Å². The lowest BCUT2D eigenvalue weighted by atomic mass is 10.0. The Balaban J connectivity index is 1.96. The van der Waals surface area contributed by atoms with Crippen LogP contribution in [0.5, 0.6) is 0 Å². The first kappa shape index (κ1) is 9.84. The van der Waals surface area contributed by atoms with E-state index in [4.69, 9.17) is 10.2 Å². The number of nitrogens with one attached hydrogen (secondary N) is 2. The number of aromatic amines is 1. The summed E-state index contributed by atoms with van der Waals surface area (Å²) in [5.74, 6) is 0. The molecule has 0 aliphatic carbocycles. The number of alkyl carbamates (subject to hydrolysis) is 1. The van der Waals surface area contributed by atoms with Crippen molar-refractivity contribution >= 4 is 17.0 Å². The zero-order chi connectivity index (χ0) is 18.4. The minimum absolute atomic E-state index is 0.0208. The molecule has 2 N–H and O–H groups in total. The van der Waals surface area contributed by atoms with Gasteiger partial charge in [0, 0.05) is 29.1 Å². The maximum Gasteiger partial charge on any atom is 0.407 e. The number of hydrogen-bond acceptors (Lipinski definition) is 3. The highest BCUT2D eigenvalue weighted by Gasteiger charge is 2.22. The third kappa shape index (κ3) is 3.19. The van der Waals surface area contributed by atoms with Crippen molar-refractivity contribution in [1.82, 2.24) is 15.2 Å². The van der Waals surface area contributed by atoms with Crippen LogP contribution in [0.2, 0.25) is 0 Å². The fourth-order valence-electron chi connectivity index (χ4n) is 2.32. The molecule has 0 spiro atoms. The number of ether oxygens (including phenoxy) is 1. The van der Waals surface area contributed by atoms with Gasteiger partial charge in [-0.15, -0.1) is 0 Å². The van der Waals surface area contributed by atoms with Crippen molar-refractivity contribution in [3.05, 3.63) is 35.5 Å². The number of fused-ring (bicyclic) bond motifs is 1. The Morgan fingerprint density at radius 1 is 1.48 bits per heavy atom. The molecule has 1 amide bonds. The molecule has 1 saturated heterocycles. The number of hydrogen-bond donors (Lipinski definition) is 2. The number of amides is 1. The lowest BCUT2D eigenvalue weighted by Crippen LogP contribution is -2.28. The highest BCUT2D eigenvalue weighted by molar-refractivity contribution is 5.84. The Bertz CT molecular complexity index is 804. The quantitative estimate of drug-likeness (QED) is 0.885. The average Bonchev–Trinajstić information content (AvgIpc) is 3.13. The van der Waals surface area contributed by atoms with E-state index in [1.807, 2.05) is 0 Å². The van der Waals surface area contributed by atoms with Gasteiger partial charge in [0.2, 0.25) is 0 Å². The number of rotatable bonds is 5. The molecule has 1 aliphatic heterocycles. The Kier molecular flexibility index (Phi) is 2.71. The van der Waals surface area contributed by atoms with Crippen LogP contribution in [0.15, 0.2) is 24.4 Å². The summed E-state index contributed by atoms with van der Waals surface area (Å²) < 4.78 is 37.8. The van der Waals surface area contributed by atoms with Gasteiger partial charge >= 0.3 is 6.09 Å². The van der Waals surface area contributed by atoms with Crippen molar-refractivity contribution < 1.29 is 15.0 Å². The van der Waals surface area contributed by atoms with E-state index in [-0.39, 0.29) is 13.0 Å². The van der Waals surface area contributed by atoms with E-state index in [2.05, 4.69) is 10.3 Å². The van der Waals surface area contributed by atoms with Gasteiger partial charge in [-0.1, -0.05) is 6.07 Å². The second-order valence-corrected chi connectivity index (χ2v) is 5.24. The summed E-state index contributed by atoms with van der Waals surface area (Å²) in [7, 11) is 3.36. The maximum atomic E-state index is 11.2. The predicted molar refractivity (Wildman–Crippen MR) is 82.5 cm³/mol.